The summed E-state index contributed by atoms with van der Waals surface area (Å²) in [7, 11) is 0. The van der Waals surface area contributed by atoms with E-state index in [9.17, 15) is 9.59 Å². The molecule has 1 aromatic carbocycles. The first-order chi connectivity index (χ1) is 12.7. The van der Waals surface area contributed by atoms with Crippen LogP contribution in [0.15, 0.2) is 42.7 Å². The third-order valence-electron chi connectivity index (χ3n) is 4.97. The van der Waals surface area contributed by atoms with Crippen molar-refractivity contribution in [3.05, 3.63) is 48.3 Å². The first-order valence-corrected chi connectivity index (χ1v) is 9.03. The lowest BCUT2D eigenvalue weighted by Gasteiger charge is -2.36. The average molecular weight is 354 g/mol. The number of aromatic nitrogens is 2. The van der Waals surface area contributed by atoms with E-state index in [2.05, 4.69) is 5.10 Å². The van der Waals surface area contributed by atoms with Crippen molar-refractivity contribution in [1.29, 1.82) is 0 Å². The van der Waals surface area contributed by atoms with E-state index in [0.29, 0.717) is 38.3 Å². The molecule has 7 heteroatoms. The lowest BCUT2D eigenvalue weighted by Crippen LogP contribution is -2.52. The van der Waals surface area contributed by atoms with Crippen LogP contribution in [-0.2, 0) is 9.53 Å². The number of nitrogens with zero attached hydrogens (tertiary/aromatic N) is 4. The molecule has 0 spiro atoms. The highest BCUT2D eigenvalue weighted by molar-refractivity contribution is 5.98. The first kappa shape index (κ1) is 16.8. The Morgan fingerprint density at radius 2 is 1.81 bits per heavy atom. The van der Waals surface area contributed by atoms with Gasteiger partial charge in [0.2, 0.25) is 0 Å². The van der Waals surface area contributed by atoms with Gasteiger partial charge in [0, 0.05) is 45.2 Å². The summed E-state index contributed by atoms with van der Waals surface area (Å²) in [4.78, 5) is 29.1. The van der Waals surface area contributed by atoms with E-state index in [4.69, 9.17) is 4.74 Å². The van der Waals surface area contributed by atoms with Crippen LogP contribution in [0.5, 0.6) is 0 Å². The minimum absolute atomic E-state index is 0.0275. The smallest absolute Gasteiger partial charge is 0.256 e. The summed E-state index contributed by atoms with van der Waals surface area (Å²) in [6.45, 7) is 2.83. The average Bonchev–Trinajstić information content (AvgIpc) is 3.41. The quantitative estimate of drug-likeness (QED) is 0.834. The Bertz CT molecular complexity index is 776. The fourth-order valence-electron chi connectivity index (χ4n) is 3.54. The van der Waals surface area contributed by atoms with Crippen LogP contribution in [0.25, 0.3) is 5.69 Å². The number of piperazine rings is 1. The van der Waals surface area contributed by atoms with Gasteiger partial charge in [0.05, 0.1) is 11.3 Å². The molecule has 3 heterocycles. The molecule has 0 N–H and O–H groups in total. The molecule has 0 bridgehead atoms. The van der Waals surface area contributed by atoms with Gasteiger partial charge in [0.1, 0.15) is 6.10 Å². The fraction of sp³-hybridized carbons (Fsp3) is 0.421. The molecule has 7 nitrogen and oxygen atoms in total. The largest absolute Gasteiger partial charge is 0.368 e. The third-order valence-corrected chi connectivity index (χ3v) is 4.97. The van der Waals surface area contributed by atoms with Crippen LogP contribution >= 0.6 is 0 Å². The summed E-state index contributed by atoms with van der Waals surface area (Å²) in [6, 6.07) is 9.29. The second kappa shape index (κ2) is 7.29. The van der Waals surface area contributed by atoms with Gasteiger partial charge in [-0.1, -0.05) is 12.1 Å². The van der Waals surface area contributed by atoms with Gasteiger partial charge >= 0.3 is 0 Å². The Balaban J connectivity index is 1.44. The molecule has 1 atom stereocenters. The zero-order valence-corrected chi connectivity index (χ0v) is 14.6. The summed E-state index contributed by atoms with van der Waals surface area (Å²) >= 11 is 0. The van der Waals surface area contributed by atoms with Crippen molar-refractivity contribution in [3.63, 3.8) is 0 Å². The molecular formula is C19H22N4O3. The zero-order valence-electron chi connectivity index (χ0n) is 14.6. The number of carbonyl (C=O) groups is 2. The number of carbonyl (C=O) groups excluding carboxylic acids is 2. The predicted octanol–water partition coefficient (Wildman–Crippen LogP) is 1.34. The summed E-state index contributed by atoms with van der Waals surface area (Å²) in [6.07, 6.45) is 4.97. The van der Waals surface area contributed by atoms with Gasteiger partial charge in [0.15, 0.2) is 0 Å². The minimum atomic E-state index is -0.294. The second-order valence-electron chi connectivity index (χ2n) is 6.59. The molecule has 2 fully saturated rings. The third kappa shape index (κ3) is 3.22. The lowest BCUT2D eigenvalue weighted by molar-refractivity contribution is -0.142. The van der Waals surface area contributed by atoms with Crippen LogP contribution in [0.3, 0.4) is 0 Å². The van der Waals surface area contributed by atoms with Gasteiger partial charge < -0.3 is 14.5 Å². The molecule has 4 rings (SSSR count). The molecule has 26 heavy (non-hydrogen) atoms. The van der Waals surface area contributed by atoms with Crippen molar-refractivity contribution in [2.24, 2.45) is 0 Å². The monoisotopic (exact) mass is 354 g/mol. The van der Waals surface area contributed by atoms with E-state index in [0.717, 1.165) is 18.5 Å². The lowest BCUT2D eigenvalue weighted by atomic mass is 10.1. The summed E-state index contributed by atoms with van der Waals surface area (Å²) < 4.78 is 7.19. The number of ether oxygens (including phenoxy) is 1. The van der Waals surface area contributed by atoms with Crippen LogP contribution in [-0.4, -0.2) is 70.3 Å². The molecule has 0 saturated carbocycles. The van der Waals surface area contributed by atoms with Crippen LogP contribution in [0.2, 0.25) is 0 Å². The topological polar surface area (TPSA) is 67.7 Å². The SMILES string of the molecule is O=C(c1ccccc1-n1cccn1)N1CCN(C(=O)C2CCCO2)CC1. The van der Waals surface area contributed by atoms with Gasteiger partial charge in [-0.2, -0.15) is 5.10 Å². The predicted molar refractivity (Wildman–Crippen MR) is 95.0 cm³/mol. The zero-order chi connectivity index (χ0) is 17.9. The maximum absolute atomic E-state index is 13.0. The van der Waals surface area contributed by atoms with Gasteiger partial charge in [-0.05, 0) is 31.0 Å². The molecule has 0 radical (unpaired) electrons. The molecule has 2 aliphatic rings. The van der Waals surface area contributed by atoms with E-state index in [-0.39, 0.29) is 17.9 Å². The highest BCUT2D eigenvalue weighted by Gasteiger charge is 2.31. The van der Waals surface area contributed by atoms with Gasteiger partial charge in [-0.25, -0.2) is 4.68 Å². The normalized spacial score (nSPS) is 20.4. The maximum atomic E-state index is 13.0. The van der Waals surface area contributed by atoms with Crippen LogP contribution in [0, 0.1) is 0 Å². The Morgan fingerprint density at radius 3 is 2.50 bits per heavy atom. The maximum Gasteiger partial charge on any atom is 0.256 e. The summed E-state index contributed by atoms with van der Waals surface area (Å²) in [5.74, 6) is 0.0341. The number of hydrogen-bond donors (Lipinski definition) is 0. The van der Waals surface area contributed by atoms with E-state index in [1.165, 1.54) is 0 Å². The Morgan fingerprint density at radius 1 is 1.04 bits per heavy atom. The van der Waals surface area contributed by atoms with Crippen LogP contribution < -0.4 is 0 Å². The minimum Gasteiger partial charge on any atom is -0.368 e. The molecule has 0 aliphatic carbocycles. The number of benzene rings is 1. The van der Waals surface area contributed by atoms with Gasteiger partial charge in [-0.3, -0.25) is 9.59 Å². The Labute approximate surface area is 152 Å². The molecule has 1 aromatic heterocycles. The highest BCUT2D eigenvalue weighted by atomic mass is 16.5. The van der Waals surface area contributed by atoms with E-state index >= 15 is 0 Å². The summed E-state index contributed by atoms with van der Waals surface area (Å²) in [5.41, 5.74) is 1.38. The first-order valence-electron chi connectivity index (χ1n) is 9.03. The molecule has 1 unspecified atom stereocenters. The number of amides is 2. The Kier molecular flexibility index (Phi) is 4.71. The molecule has 2 saturated heterocycles. The number of hydrogen-bond acceptors (Lipinski definition) is 4. The molecular weight excluding hydrogens is 332 g/mol. The van der Waals surface area contributed by atoms with Crippen molar-refractivity contribution in [2.75, 3.05) is 32.8 Å². The highest BCUT2D eigenvalue weighted by Crippen LogP contribution is 2.19. The Hall–Kier alpha value is -2.67. The summed E-state index contributed by atoms with van der Waals surface area (Å²) in [5, 5.41) is 4.23. The number of rotatable bonds is 3. The standard InChI is InChI=1S/C19H22N4O3/c24-18(15-5-1-2-6-16(15)23-9-4-8-20-23)21-10-12-22(13-11-21)19(25)17-7-3-14-26-17/h1-2,4-6,8-9,17H,3,7,10-14H2. The molecule has 136 valence electrons. The second-order valence-corrected chi connectivity index (χ2v) is 6.59. The molecule has 2 aromatic rings. The van der Waals surface area contributed by atoms with Crippen LogP contribution in [0.4, 0.5) is 0 Å². The van der Waals surface area contributed by atoms with E-state index < -0.39 is 0 Å². The molecule has 2 amide bonds. The van der Waals surface area contributed by atoms with E-state index in [1.807, 2.05) is 46.3 Å². The van der Waals surface area contributed by atoms with Gasteiger partial charge in [0.25, 0.3) is 11.8 Å². The van der Waals surface area contributed by atoms with Gasteiger partial charge in [-0.15, -0.1) is 0 Å². The number of para-hydroxylation sites is 1. The van der Waals surface area contributed by atoms with Crippen molar-refractivity contribution >= 4 is 11.8 Å². The van der Waals surface area contributed by atoms with Crippen molar-refractivity contribution < 1.29 is 14.3 Å². The fourth-order valence-corrected chi connectivity index (χ4v) is 3.54. The molecule has 2 aliphatic heterocycles. The van der Waals surface area contributed by atoms with E-state index in [1.54, 1.807) is 10.9 Å². The van der Waals surface area contributed by atoms with Crippen LogP contribution in [0.1, 0.15) is 23.2 Å². The van der Waals surface area contributed by atoms with Crippen molar-refractivity contribution in [2.45, 2.75) is 18.9 Å². The van der Waals surface area contributed by atoms with Crippen molar-refractivity contribution in [3.8, 4) is 5.69 Å². The van der Waals surface area contributed by atoms with Crippen molar-refractivity contribution in [1.82, 2.24) is 19.6 Å².